The molecule has 2 unspecified atom stereocenters. The minimum Gasteiger partial charge on any atom is -0.472 e. The molecule has 0 saturated carbocycles. The number of nitrogens with two attached hydrogens (primary N) is 1. The van der Waals surface area contributed by atoms with Gasteiger partial charge >= 0.3 is 0 Å². The molecule has 11 heavy (non-hydrogen) atoms. The Balaban J connectivity index is 2.62. The van der Waals surface area contributed by atoms with Crippen LogP contribution in [0.5, 0.6) is 0 Å². The average Bonchev–Trinajstić information content (AvgIpc) is 2.53. The summed E-state index contributed by atoms with van der Waals surface area (Å²) in [5.41, 5.74) is 6.78. The van der Waals surface area contributed by atoms with Crippen LogP contribution in [0, 0.1) is 0 Å². The van der Waals surface area contributed by atoms with Gasteiger partial charge in [0, 0.05) is 12.7 Å². The van der Waals surface area contributed by atoms with Crippen molar-refractivity contribution in [3.05, 3.63) is 24.2 Å². The van der Waals surface area contributed by atoms with Crippen molar-refractivity contribution in [2.24, 2.45) is 5.73 Å². The maximum absolute atomic E-state index is 5.81. The molecule has 0 amide bonds. The van der Waals surface area contributed by atoms with Gasteiger partial charge < -0.3 is 14.9 Å². The molecule has 0 fully saturated rings. The zero-order chi connectivity index (χ0) is 8.27. The molecule has 0 spiro atoms. The number of methoxy groups -OCH3 is 1. The Kier molecular flexibility index (Phi) is 2.68. The zero-order valence-corrected chi connectivity index (χ0v) is 6.78. The smallest absolute Gasteiger partial charge is 0.0951 e. The monoisotopic (exact) mass is 155 g/mol. The van der Waals surface area contributed by atoms with Crippen LogP contribution in [0.1, 0.15) is 18.5 Å². The van der Waals surface area contributed by atoms with Crippen LogP contribution >= 0.6 is 0 Å². The first-order chi connectivity index (χ1) is 5.25. The highest BCUT2D eigenvalue weighted by Gasteiger charge is 2.14. The predicted octanol–water partition coefficient (Wildman–Crippen LogP) is 1.31. The third-order valence-electron chi connectivity index (χ3n) is 1.81. The Bertz CT molecular complexity index is 196. The second kappa shape index (κ2) is 3.55. The summed E-state index contributed by atoms with van der Waals surface area (Å²) in [5.74, 6) is 0. The standard InChI is InChI=1S/C8H13NO2/c1-6(10-2)8(9)7-3-4-11-5-7/h3-6,8H,9H2,1-2H3. The number of hydrogen-bond donors (Lipinski definition) is 1. The summed E-state index contributed by atoms with van der Waals surface area (Å²) in [6, 6.07) is 1.75. The molecule has 3 heteroatoms. The van der Waals surface area contributed by atoms with E-state index in [1.807, 2.05) is 13.0 Å². The van der Waals surface area contributed by atoms with Crippen molar-refractivity contribution in [1.82, 2.24) is 0 Å². The maximum atomic E-state index is 5.81. The fourth-order valence-electron chi connectivity index (χ4n) is 0.882. The van der Waals surface area contributed by atoms with Gasteiger partial charge in [0.05, 0.1) is 24.7 Å². The number of hydrogen-bond acceptors (Lipinski definition) is 3. The van der Waals surface area contributed by atoms with Crippen molar-refractivity contribution in [2.45, 2.75) is 19.1 Å². The summed E-state index contributed by atoms with van der Waals surface area (Å²) in [6.07, 6.45) is 3.27. The molecule has 2 N–H and O–H groups in total. The van der Waals surface area contributed by atoms with Crippen molar-refractivity contribution in [3.63, 3.8) is 0 Å². The molecule has 0 bridgehead atoms. The van der Waals surface area contributed by atoms with Crippen LogP contribution in [-0.4, -0.2) is 13.2 Å². The van der Waals surface area contributed by atoms with E-state index in [4.69, 9.17) is 14.9 Å². The highest BCUT2D eigenvalue weighted by Crippen LogP contribution is 2.15. The molecule has 0 saturated heterocycles. The maximum Gasteiger partial charge on any atom is 0.0951 e. The molecule has 1 aromatic rings. The molecule has 1 aromatic heterocycles. The second-order valence-corrected chi connectivity index (χ2v) is 2.52. The minimum absolute atomic E-state index is 0.0209. The summed E-state index contributed by atoms with van der Waals surface area (Å²) >= 11 is 0. The number of ether oxygens (including phenoxy) is 1. The fraction of sp³-hybridized carbons (Fsp3) is 0.500. The normalized spacial score (nSPS) is 16.3. The molecule has 0 aliphatic heterocycles. The lowest BCUT2D eigenvalue weighted by Gasteiger charge is -2.16. The van der Waals surface area contributed by atoms with Gasteiger partial charge in [-0.2, -0.15) is 0 Å². The van der Waals surface area contributed by atoms with Crippen molar-refractivity contribution < 1.29 is 9.15 Å². The Morgan fingerprint density at radius 3 is 2.82 bits per heavy atom. The van der Waals surface area contributed by atoms with E-state index in [0.717, 1.165) is 5.56 Å². The first-order valence-electron chi connectivity index (χ1n) is 3.56. The highest BCUT2D eigenvalue weighted by atomic mass is 16.5. The molecule has 0 aromatic carbocycles. The van der Waals surface area contributed by atoms with Crippen LogP contribution in [0.4, 0.5) is 0 Å². The van der Waals surface area contributed by atoms with Crippen LogP contribution < -0.4 is 5.73 Å². The molecule has 1 rings (SSSR count). The lowest BCUT2D eigenvalue weighted by molar-refractivity contribution is 0.0955. The van der Waals surface area contributed by atoms with Crippen molar-refractivity contribution >= 4 is 0 Å². The second-order valence-electron chi connectivity index (χ2n) is 2.52. The van der Waals surface area contributed by atoms with E-state index in [9.17, 15) is 0 Å². The zero-order valence-electron chi connectivity index (χ0n) is 6.78. The van der Waals surface area contributed by atoms with E-state index in [0.29, 0.717) is 0 Å². The SMILES string of the molecule is COC(C)C(N)c1ccoc1. The third-order valence-corrected chi connectivity index (χ3v) is 1.81. The molecule has 2 atom stereocenters. The Morgan fingerprint density at radius 1 is 1.64 bits per heavy atom. The first-order valence-corrected chi connectivity index (χ1v) is 3.56. The van der Waals surface area contributed by atoms with Crippen LogP contribution in [0.25, 0.3) is 0 Å². The topological polar surface area (TPSA) is 48.4 Å². The van der Waals surface area contributed by atoms with Gasteiger partial charge in [-0.3, -0.25) is 0 Å². The van der Waals surface area contributed by atoms with Gasteiger partial charge in [0.1, 0.15) is 0 Å². The summed E-state index contributed by atoms with van der Waals surface area (Å²) in [7, 11) is 1.64. The lowest BCUT2D eigenvalue weighted by Crippen LogP contribution is -2.24. The molecule has 0 radical (unpaired) electrons. The van der Waals surface area contributed by atoms with Crippen molar-refractivity contribution in [2.75, 3.05) is 7.11 Å². The van der Waals surface area contributed by atoms with Gasteiger partial charge in [0.15, 0.2) is 0 Å². The molecular formula is C8H13NO2. The van der Waals surface area contributed by atoms with Crippen LogP contribution in [0.3, 0.4) is 0 Å². The Morgan fingerprint density at radius 2 is 2.36 bits per heavy atom. The van der Waals surface area contributed by atoms with Crippen LogP contribution in [0.2, 0.25) is 0 Å². The van der Waals surface area contributed by atoms with Crippen LogP contribution in [-0.2, 0) is 4.74 Å². The van der Waals surface area contributed by atoms with Crippen LogP contribution in [0.15, 0.2) is 23.0 Å². The minimum atomic E-state index is -0.0984. The highest BCUT2D eigenvalue weighted by molar-refractivity contribution is 5.11. The first kappa shape index (κ1) is 8.30. The number of rotatable bonds is 3. The molecule has 0 aliphatic carbocycles. The van der Waals surface area contributed by atoms with Gasteiger partial charge in [-0.15, -0.1) is 0 Å². The molecule has 62 valence electrons. The summed E-state index contributed by atoms with van der Waals surface area (Å²) < 4.78 is 9.96. The molecule has 0 aliphatic rings. The van der Waals surface area contributed by atoms with E-state index in [1.54, 1.807) is 19.6 Å². The predicted molar refractivity (Wildman–Crippen MR) is 42.1 cm³/mol. The third kappa shape index (κ3) is 1.82. The van der Waals surface area contributed by atoms with E-state index in [-0.39, 0.29) is 12.1 Å². The Labute approximate surface area is 66.1 Å². The Hall–Kier alpha value is -0.800. The van der Waals surface area contributed by atoms with E-state index >= 15 is 0 Å². The fourth-order valence-corrected chi connectivity index (χ4v) is 0.882. The van der Waals surface area contributed by atoms with Gasteiger partial charge in [-0.05, 0) is 13.0 Å². The van der Waals surface area contributed by atoms with E-state index in [2.05, 4.69) is 0 Å². The van der Waals surface area contributed by atoms with Crippen molar-refractivity contribution in [3.8, 4) is 0 Å². The molecular weight excluding hydrogens is 142 g/mol. The molecule has 3 nitrogen and oxygen atoms in total. The van der Waals surface area contributed by atoms with Gasteiger partial charge in [-0.1, -0.05) is 0 Å². The summed E-state index contributed by atoms with van der Waals surface area (Å²) in [6.45, 7) is 1.93. The van der Waals surface area contributed by atoms with E-state index < -0.39 is 0 Å². The quantitative estimate of drug-likeness (QED) is 0.716. The van der Waals surface area contributed by atoms with Gasteiger partial charge in [0.2, 0.25) is 0 Å². The molecule has 1 heterocycles. The van der Waals surface area contributed by atoms with Crippen molar-refractivity contribution in [1.29, 1.82) is 0 Å². The van der Waals surface area contributed by atoms with E-state index in [1.165, 1.54) is 0 Å². The largest absolute Gasteiger partial charge is 0.472 e. The summed E-state index contributed by atoms with van der Waals surface area (Å²) in [5, 5.41) is 0. The summed E-state index contributed by atoms with van der Waals surface area (Å²) in [4.78, 5) is 0. The number of furan rings is 1. The lowest BCUT2D eigenvalue weighted by atomic mass is 10.1. The van der Waals surface area contributed by atoms with Gasteiger partial charge in [-0.25, -0.2) is 0 Å². The average molecular weight is 155 g/mol. The van der Waals surface area contributed by atoms with Gasteiger partial charge in [0.25, 0.3) is 0 Å².